The van der Waals surface area contributed by atoms with E-state index in [4.69, 9.17) is 4.74 Å². The number of benzene rings is 1. The molecule has 4 rings (SSSR count). The van der Waals surface area contributed by atoms with Crippen LogP contribution in [0.5, 0.6) is 0 Å². The number of cyclic esters (lactones) is 1. The van der Waals surface area contributed by atoms with E-state index in [0.717, 1.165) is 16.9 Å². The first-order chi connectivity index (χ1) is 12.1. The molecule has 0 bridgehead atoms. The highest BCUT2D eigenvalue weighted by atomic mass is 16.6. The first-order valence-corrected chi connectivity index (χ1v) is 7.85. The monoisotopic (exact) mass is 332 g/mol. The molecule has 0 N–H and O–H groups in total. The van der Waals surface area contributed by atoms with E-state index in [9.17, 15) is 4.79 Å². The summed E-state index contributed by atoms with van der Waals surface area (Å²) in [6.45, 7) is 0. The Morgan fingerprint density at radius 2 is 1.84 bits per heavy atom. The number of ether oxygens (including phenoxy) is 1. The van der Waals surface area contributed by atoms with Gasteiger partial charge in [-0.1, -0.05) is 24.3 Å². The van der Waals surface area contributed by atoms with Crippen LogP contribution in [0.25, 0.3) is 11.3 Å². The Labute approximate surface area is 144 Å². The smallest absolute Gasteiger partial charge is 0.366 e. The van der Waals surface area contributed by atoms with Crippen LogP contribution in [0.3, 0.4) is 0 Å². The second kappa shape index (κ2) is 5.90. The van der Waals surface area contributed by atoms with Crippen molar-refractivity contribution < 1.29 is 9.53 Å². The summed E-state index contributed by atoms with van der Waals surface area (Å²) in [5, 5.41) is 0. The fourth-order valence-corrected chi connectivity index (χ4v) is 2.83. The predicted molar refractivity (Wildman–Crippen MR) is 94.9 cm³/mol. The minimum atomic E-state index is -0.464. The lowest BCUT2D eigenvalue weighted by molar-refractivity contribution is -0.130. The van der Waals surface area contributed by atoms with E-state index in [1.165, 1.54) is 0 Å². The van der Waals surface area contributed by atoms with Crippen LogP contribution in [0.1, 0.15) is 11.3 Å². The SMILES string of the molecule is CN(C)/C(=C1\N=C(c2ccccc2)OC1=O)c1cnc2ccccn12. The summed E-state index contributed by atoms with van der Waals surface area (Å²) in [7, 11) is 3.74. The van der Waals surface area contributed by atoms with Gasteiger partial charge >= 0.3 is 5.97 Å². The van der Waals surface area contributed by atoms with Crippen molar-refractivity contribution in [1.82, 2.24) is 14.3 Å². The van der Waals surface area contributed by atoms with Gasteiger partial charge < -0.3 is 9.64 Å². The van der Waals surface area contributed by atoms with E-state index >= 15 is 0 Å². The number of esters is 1. The number of imidazole rings is 1. The first kappa shape index (κ1) is 15.1. The van der Waals surface area contributed by atoms with Crippen LogP contribution >= 0.6 is 0 Å². The van der Waals surface area contributed by atoms with Crippen molar-refractivity contribution in [2.24, 2.45) is 4.99 Å². The van der Waals surface area contributed by atoms with Crippen LogP contribution in [0.2, 0.25) is 0 Å². The number of aliphatic imine (C=N–C) groups is 1. The van der Waals surface area contributed by atoms with Crippen LogP contribution in [0.15, 0.2) is 71.6 Å². The zero-order valence-corrected chi connectivity index (χ0v) is 13.9. The second-order valence-corrected chi connectivity index (χ2v) is 5.84. The molecule has 0 unspecified atom stereocenters. The van der Waals surface area contributed by atoms with Crippen molar-refractivity contribution in [2.45, 2.75) is 0 Å². The maximum Gasteiger partial charge on any atom is 0.366 e. The lowest BCUT2D eigenvalue weighted by Gasteiger charge is -2.17. The van der Waals surface area contributed by atoms with E-state index in [-0.39, 0.29) is 5.70 Å². The van der Waals surface area contributed by atoms with Gasteiger partial charge in [-0.05, 0) is 24.3 Å². The maximum atomic E-state index is 12.5. The van der Waals surface area contributed by atoms with Crippen molar-refractivity contribution in [1.29, 1.82) is 0 Å². The summed E-state index contributed by atoms with van der Waals surface area (Å²) in [6, 6.07) is 15.1. The molecule has 0 fully saturated rings. The largest absolute Gasteiger partial charge is 0.402 e. The van der Waals surface area contributed by atoms with Gasteiger partial charge in [-0.3, -0.25) is 4.40 Å². The van der Waals surface area contributed by atoms with Gasteiger partial charge in [0.2, 0.25) is 5.90 Å². The zero-order valence-electron chi connectivity index (χ0n) is 13.9. The average molecular weight is 332 g/mol. The molecule has 3 aromatic rings. The highest BCUT2D eigenvalue weighted by Gasteiger charge is 2.30. The molecule has 6 nitrogen and oxygen atoms in total. The molecule has 124 valence electrons. The Bertz CT molecular complexity index is 1020. The minimum Gasteiger partial charge on any atom is -0.402 e. The standard InChI is InChI=1S/C19H16N4O2/c1-22(2)17(14-12-20-15-10-6-7-11-23(14)15)16-19(24)25-18(21-16)13-8-4-3-5-9-13/h3-12H,1-2H3/b17-16-. The van der Waals surface area contributed by atoms with Crippen molar-refractivity contribution in [2.75, 3.05) is 14.1 Å². The molecule has 25 heavy (non-hydrogen) atoms. The number of nitrogens with zero attached hydrogens (tertiary/aromatic N) is 4. The molecule has 0 spiro atoms. The number of hydrogen-bond donors (Lipinski definition) is 0. The van der Waals surface area contributed by atoms with E-state index < -0.39 is 5.97 Å². The van der Waals surface area contributed by atoms with E-state index in [1.54, 1.807) is 6.20 Å². The topological polar surface area (TPSA) is 59.2 Å². The molecule has 1 aliphatic heterocycles. The van der Waals surface area contributed by atoms with Crippen molar-refractivity contribution in [3.8, 4) is 0 Å². The predicted octanol–water partition coefficient (Wildman–Crippen LogP) is 2.57. The van der Waals surface area contributed by atoms with Crippen LogP contribution in [-0.4, -0.2) is 40.2 Å². The molecule has 6 heteroatoms. The molecule has 2 aromatic heterocycles. The van der Waals surface area contributed by atoms with E-state index in [0.29, 0.717) is 11.6 Å². The number of fused-ring (bicyclic) bond motifs is 1. The van der Waals surface area contributed by atoms with Crippen LogP contribution in [-0.2, 0) is 9.53 Å². The lowest BCUT2D eigenvalue weighted by Crippen LogP contribution is -2.16. The van der Waals surface area contributed by atoms with Gasteiger partial charge in [0.1, 0.15) is 5.65 Å². The molecule has 0 atom stereocenters. The summed E-state index contributed by atoms with van der Waals surface area (Å²) in [5.74, 6) is -0.151. The number of hydrogen-bond acceptors (Lipinski definition) is 5. The maximum absolute atomic E-state index is 12.5. The summed E-state index contributed by atoms with van der Waals surface area (Å²) in [6.07, 6.45) is 3.64. The fourth-order valence-electron chi connectivity index (χ4n) is 2.83. The van der Waals surface area contributed by atoms with Gasteiger partial charge in [-0.25, -0.2) is 14.8 Å². The van der Waals surface area contributed by atoms with Crippen LogP contribution in [0.4, 0.5) is 0 Å². The number of rotatable bonds is 3. The Morgan fingerprint density at radius 3 is 2.60 bits per heavy atom. The Kier molecular flexibility index (Phi) is 3.57. The molecular formula is C19H16N4O2. The molecular weight excluding hydrogens is 316 g/mol. The van der Waals surface area contributed by atoms with Crippen molar-refractivity contribution in [3.63, 3.8) is 0 Å². The van der Waals surface area contributed by atoms with Crippen LogP contribution < -0.4 is 0 Å². The molecule has 0 saturated heterocycles. The van der Waals surface area contributed by atoms with Gasteiger partial charge in [-0.15, -0.1) is 0 Å². The van der Waals surface area contributed by atoms with Crippen LogP contribution in [0, 0.1) is 0 Å². The Morgan fingerprint density at radius 1 is 1.08 bits per heavy atom. The van der Waals surface area contributed by atoms with Gasteiger partial charge in [-0.2, -0.15) is 0 Å². The lowest BCUT2D eigenvalue weighted by atomic mass is 10.2. The fraction of sp³-hybridized carbons (Fsp3) is 0.105. The summed E-state index contributed by atoms with van der Waals surface area (Å²) in [4.78, 5) is 23.2. The van der Waals surface area contributed by atoms with Gasteiger partial charge in [0.15, 0.2) is 5.70 Å². The number of aromatic nitrogens is 2. The molecule has 0 saturated carbocycles. The molecule has 0 amide bonds. The first-order valence-electron chi connectivity index (χ1n) is 7.85. The minimum absolute atomic E-state index is 0.273. The second-order valence-electron chi connectivity index (χ2n) is 5.84. The van der Waals surface area contributed by atoms with Crippen molar-refractivity contribution >= 4 is 23.2 Å². The quantitative estimate of drug-likeness (QED) is 0.546. The van der Waals surface area contributed by atoms with Gasteiger partial charge in [0.05, 0.1) is 17.6 Å². The summed E-state index contributed by atoms with van der Waals surface area (Å²) in [5.41, 5.74) is 3.29. The molecule has 0 radical (unpaired) electrons. The molecule has 0 aliphatic carbocycles. The van der Waals surface area contributed by atoms with Gasteiger partial charge in [0, 0.05) is 25.9 Å². The zero-order chi connectivity index (χ0) is 17.4. The number of pyridine rings is 1. The number of carbonyl (C=O) groups is 1. The van der Waals surface area contributed by atoms with Crippen molar-refractivity contribution in [3.05, 3.63) is 77.9 Å². The third kappa shape index (κ3) is 2.57. The normalized spacial score (nSPS) is 15.9. The van der Waals surface area contributed by atoms with Gasteiger partial charge in [0.25, 0.3) is 0 Å². The summed E-state index contributed by atoms with van der Waals surface area (Å²) >= 11 is 0. The third-order valence-electron chi connectivity index (χ3n) is 3.95. The molecule has 1 aromatic carbocycles. The Balaban J connectivity index is 1.90. The highest BCUT2D eigenvalue weighted by Crippen LogP contribution is 2.27. The van der Waals surface area contributed by atoms with E-state index in [2.05, 4.69) is 9.98 Å². The Hall–Kier alpha value is -3.41. The summed E-state index contributed by atoms with van der Waals surface area (Å²) < 4.78 is 7.32. The molecule has 1 aliphatic rings. The van der Waals surface area contributed by atoms with E-state index in [1.807, 2.05) is 78.1 Å². The number of carbonyl (C=O) groups excluding carboxylic acids is 1. The average Bonchev–Trinajstić information content (AvgIpc) is 3.21. The third-order valence-corrected chi connectivity index (χ3v) is 3.95. The highest BCUT2D eigenvalue weighted by molar-refractivity contribution is 6.13. The molecule has 3 heterocycles.